The number of aromatic nitrogens is 1. The van der Waals surface area contributed by atoms with Crippen LogP contribution in [0.4, 0.5) is 4.79 Å². The fourth-order valence-electron chi connectivity index (χ4n) is 5.70. The molecule has 2 bridgehead atoms. The molecule has 0 spiro atoms. The Balaban J connectivity index is 1.20. The van der Waals surface area contributed by atoms with Crippen LogP contribution in [0, 0.1) is 0 Å². The van der Waals surface area contributed by atoms with Gasteiger partial charge in [0, 0.05) is 18.2 Å². The largest absolute Gasteiger partial charge is 0.495 e. The Bertz CT molecular complexity index is 1210. The predicted octanol–water partition coefficient (Wildman–Crippen LogP) is 5.66. The third kappa shape index (κ3) is 3.39. The van der Waals surface area contributed by atoms with Crippen LogP contribution in [0.3, 0.4) is 0 Å². The first kappa shape index (κ1) is 20.0. The van der Waals surface area contributed by atoms with E-state index in [9.17, 15) is 4.79 Å². The number of methoxy groups -OCH3 is 1. The molecule has 1 aromatic heterocycles. The lowest BCUT2D eigenvalue weighted by Gasteiger charge is -2.33. The summed E-state index contributed by atoms with van der Waals surface area (Å²) in [6.07, 6.45) is 8.36. The van der Waals surface area contributed by atoms with E-state index in [1.165, 1.54) is 27.8 Å². The summed E-state index contributed by atoms with van der Waals surface area (Å²) in [5.41, 5.74) is 7.26. The quantitative estimate of drug-likeness (QED) is 0.527. The van der Waals surface area contributed by atoms with Crippen LogP contribution in [0.1, 0.15) is 41.9 Å². The van der Waals surface area contributed by atoms with Crippen molar-refractivity contribution in [3.63, 3.8) is 0 Å². The summed E-state index contributed by atoms with van der Waals surface area (Å²) in [5, 5.41) is 0. The van der Waals surface area contributed by atoms with E-state index in [0.717, 1.165) is 30.6 Å². The Morgan fingerprint density at radius 3 is 2.45 bits per heavy atom. The molecule has 0 radical (unpaired) electrons. The molecule has 5 nitrogen and oxygen atoms in total. The maximum absolute atomic E-state index is 13.2. The first-order valence-corrected chi connectivity index (χ1v) is 11.6. The van der Waals surface area contributed by atoms with E-state index < -0.39 is 0 Å². The number of hydrogen-bond acceptors (Lipinski definition) is 4. The molecule has 0 N–H and O–H groups in total. The number of carbonyl (C=O) groups is 1. The highest BCUT2D eigenvalue weighted by atomic mass is 16.6. The Hall–Kier alpha value is -3.60. The molecule has 3 aliphatic rings. The Morgan fingerprint density at radius 1 is 1.03 bits per heavy atom. The van der Waals surface area contributed by atoms with E-state index in [2.05, 4.69) is 59.6 Å². The van der Waals surface area contributed by atoms with Gasteiger partial charge >= 0.3 is 6.09 Å². The number of rotatable bonds is 4. The topological polar surface area (TPSA) is 51.7 Å². The molecule has 3 heterocycles. The summed E-state index contributed by atoms with van der Waals surface area (Å²) in [5.74, 6) is 0.831. The van der Waals surface area contributed by atoms with Gasteiger partial charge in [0.2, 0.25) is 0 Å². The van der Waals surface area contributed by atoms with E-state index in [-0.39, 0.29) is 24.1 Å². The summed E-state index contributed by atoms with van der Waals surface area (Å²) in [4.78, 5) is 19.5. The lowest BCUT2D eigenvalue weighted by Crippen LogP contribution is -2.43. The first-order chi connectivity index (χ1) is 16.2. The second-order valence-electron chi connectivity index (χ2n) is 9.02. The van der Waals surface area contributed by atoms with Gasteiger partial charge in [-0.15, -0.1) is 0 Å². The molecule has 33 heavy (non-hydrogen) atoms. The lowest BCUT2D eigenvalue weighted by atomic mass is 9.96. The van der Waals surface area contributed by atoms with Crippen molar-refractivity contribution in [2.75, 3.05) is 13.7 Å². The van der Waals surface area contributed by atoms with Gasteiger partial charge in [-0.1, -0.05) is 54.6 Å². The fourth-order valence-corrected chi connectivity index (χ4v) is 5.70. The number of pyridine rings is 1. The Morgan fingerprint density at radius 2 is 1.76 bits per heavy atom. The number of ether oxygens (including phenoxy) is 2. The van der Waals surface area contributed by atoms with E-state index in [0.29, 0.717) is 6.61 Å². The van der Waals surface area contributed by atoms with Crippen molar-refractivity contribution in [3.8, 4) is 16.9 Å². The SMILES string of the molecule is COc1cncc(C2=CC3CCC(C2)N3C(=O)OCC2c3ccccc3-c3ccccc32)c1. The molecule has 5 heteroatoms. The highest BCUT2D eigenvalue weighted by molar-refractivity contribution is 5.79. The van der Waals surface area contributed by atoms with E-state index >= 15 is 0 Å². The number of fused-ring (bicyclic) bond motifs is 5. The van der Waals surface area contributed by atoms with Gasteiger partial charge in [-0.25, -0.2) is 4.79 Å². The second kappa shape index (κ2) is 8.07. The summed E-state index contributed by atoms with van der Waals surface area (Å²) >= 11 is 0. The molecule has 2 aliphatic heterocycles. The number of amides is 1. The van der Waals surface area contributed by atoms with Gasteiger partial charge in [-0.3, -0.25) is 9.88 Å². The summed E-state index contributed by atoms with van der Waals surface area (Å²) in [7, 11) is 1.65. The molecular formula is C28H26N2O3. The normalized spacial score (nSPS) is 20.8. The van der Waals surface area contributed by atoms with Gasteiger partial charge in [0.25, 0.3) is 0 Å². The van der Waals surface area contributed by atoms with E-state index in [1.807, 2.05) is 17.2 Å². The van der Waals surface area contributed by atoms with Crippen LogP contribution >= 0.6 is 0 Å². The van der Waals surface area contributed by atoms with E-state index in [4.69, 9.17) is 9.47 Å². The molecule has 1 aliphatic carbocycles. The average molecular weight is 439 g/mol. The zero-order valence-corrected chi connectivity index (χ0v) is 18.6. The molecule has 2 unspecified atom stereocenters. The minimum absolute atomic E-state index is 0.0700. The van der Waals surface area contributed by atoms with Crippen molar-refractivity contribution in [1.82, 2.24) is 9.88 Å². The van der Waals surface area contributed by atoms with Gasteiger partial charge in [0.15, 0.2) is 0 Å². The van der Waals surface area contributed by atoms with Crippen LogP contribution in [0.15, 0.2) is 73.1 Å². The highest BCUT2D eigenvalue weighted by Gasteiger charge is 2.41. The summed E-state index contributed by atoms with van der Waals surface area (Å²) in [6, 6.07) is 19.1. The van der Waals surface area contributed by atoms with Crippen LogP contribution in [0.25, 0.3) is 16.7 Å². The minimum Gasteiger partial charge on any atom is -0.495 e. The van der Waals surface area contributed by atoms with Gasteiger partial charge in [-0.05, 0) is 58.7 Å². The first-order valence-electron chi connectivity index (χ1n) is 11.6. The van der Waals surface area contributed by atoms with Crippen molar-refractivity contribution < 1.29 is 14.3 Å². The number of benzene rings is 2. The molecule has 1 saturated heterocycles. The predicted molar refractivity (Wildman–Crippen MR) is 127 cm³/mol. The maximum Gasteiger partial charge on any atom is 0.410 e. The average Bonchev–Trinajstić information content (AvgIpc) is 3.33. The molecule has 1 fully saturated rings. The van der Waals surface area contributed by atoms with Crippen molar-refractivity contribution in [2.45, 2.75) is 37.3 Å². The fraction of sp³-hybridized carbons (Fsp3) is 0.286. The Labute approximate surface area is 193 Å². The van der Waals surface area contributed by atoms with Crippen molar-refractivity contribution in [1.29, 1.82) is 0 Å². The monoisotopic (exact) mass is 438 g/mol. The highest BCUT2D eigenvalue weighted by Crippen LogP contribution is 2.45. The third-order valence-electron chi connectivity index (χ3n) is 7.26. The smallest absolute Gasteiger partial charge is 0.410 e. The molecular weight excluding hydrogens is 412 g/mol. The molecule has 0 saturated carbocycles. The third-order valence-corrected chi connectivity index (χ3v) is 7.26. The van der Waals surface area contributed by atoms with Crippen LogP contribution in [0.2, 0.25) is 0 Å². The summed E-state index contributed by atoms with van der Waals surface area (Å²) in [6.45, 7) is 0.360. The van der Waals surface area contributed by atoms with Crippen LogP contribution < -0.4 is 4.74 Å². The summed E-state index contributed by atoms with van der Waals surface area (Å²) < 4.78 is 11.3. The molecule has 2 atom stereocenters. The van der Waals surface area contributed by atoms with E-state index in [1.54, 1.807) is 13.3 Å². The number of carbonyl (C=O) groups excluding carboxylic acids is 1. The Kier molecular flexibility index (Phi) is 4.90. The number of hydrogen-bond donors (Lipinski definition) is 0. The minimum atomic E-state index is -0.205. The van der Waals surface area contributed by atoms with Gasteiger partial charge in [0.1, 0.15) is 12.4 Å². The van der Waals surface area contributed by atoms with Gasteiger partial charge in [0.05, 0.1) is 19.3 Å². The van der Waals surface area contributed by atoms with Crippen molar-refractivity contribution in [3.05, 3.63) is 89.8 Å². The van der Waals surface area contributed by atoms with Crippen molar-refractivity contribution >= 4 is 11.7 Å². The van der Waals surface area contributed by atoms with Crippen molar-refractivity contribution in [2.24, 2.45) is 0 Å². The van der Waals surface area contributed by atoms with Crippen LogP contribution in [0.5, 0.6) is 5.75 Å². The standard InChI is InChI=1S/C28H26N2O3/c1-32-22-14-19(15-29-16-22)18-12-20-10-11-21(13-18)30(20)28(31)33-17-27-25-8-4-2-6-23(25)24-7-3-5-9-26(24)27/h2-9,12,14-16,20-21,27H,10-11,13,17H2,1H3. The number of nitrogens with zero attached hydrogens (tertiary/aromatic N) is 2. The molecule has 6 rings (SSSR count). The van der Waals surface area contributed by atoms with Gasteiger partial charge in [-0.2, -0.15) is 0 Å². The zero-order chi connectivity index (χ0) is 22.4. The lowest BCUT2D eigenvalue weighted by molar-refractivity contribution is 0.0866. The molecule has 166 valence electrons. The molecule has 2 aromatic carbocycles. The van der Waals surface area contributed by atoms with Crippen LogP contribution in [-0.4, -0.2) is 41.8 Å². The molecule has 3 aromatic rings. The maximum atomic E-state index is 13.2. The van der Waals surface area contributed by atoms with Gasteiger partial charge < -0.3 is 9.47 Å². The zero-order valence-electron chi connectivity index (χ0n) is 18.6. The van der Waals surface area contributed by atoms with Crippen LogP contribution in [-0.2, 0) is 4.74 Å². The molecule has 1 amide bonds. The second-order valence-corrected chi connectivity index (χ2v) is 9.02.